The quantitative estimate of drug-likeness (QED) is 0.834. The van der Waals surface area contributed by atoms with Gasteiger partial charge in [0.05, 0.1) is 11.8 Å². The van der Waals surface area contributed by atoms with Crippen LogP contribution in [0.1, 0.15) is 68.6 Å². The van der Waals surface area contributed by atoms with Crippen molar-refractivity contribution in [1.29, 1.82) is 0 Å². The van der Waals surface area contributed by atoms with Crippen LogP contribution in [0.2, 0.25) is 0 Å². The molecule has 20 heavy (non-hydrogen) atoms. The highest BCUT2D eigenvalue weighted by atomic mass is 32.2. The van der Waals surface area contributed by atoms with E-state index in [0.29, 0.717) is 18.2 Å². The molecule has 0 aromatic carbocycles. The second-order valence-corrected chi connectivity index (χ2v) is 7.96. The highest BCUT2D eigenvalue weighted by molar-refractivity contribution is 7.90. The topological polar surface area (TPSA) is 99.1 Å². The van der Waals surface area contributed by atoms with Gasteiger partial charge in [0.1, 0.15) is 9.84 Å². The molecule has 1 aromatic rings. The molecule has 1 fully saturated rings. The van der Waals surface area contributed by atoms with E-state index in [-0.39, 0.29) is 5.75 Å². The van der Waals surface area contributed by atoms with Crippen LogP contribution in [0.25, 0.3) is 0 Å². The molecule has 1 heterocycles. The molecule has 1 atom stereocenters. The van der Waals surface area contributed by atoms with Crippen molar-refractivity contribution >= 4 is 9.84 Å². The van der Waals surface area contributed by atoms with E-state index in [9.17, 15) is 8.42 Å². The molecule has 0 saturated heterocycles. The molecule has 1 unspecified atom stereocenters. The van der Waals surface area contributed by atoms with Gasteiger partial charge >= 0.3 is 0 Å². The molecule has 7 heteroatoms. The summed E-state index contributed by atoms with van der Waals surface area (Å²) in [7, 11) is -3.02. The van der Waals surface area contributed by atoms with E-state index in [0.717, 1.165) is 18.7 Å². The number of rotatable bonds is 5. The second-order valence-electron chi connectivity index (χ2n) is 5.70. The summed E-state index contributed by atoms with van der Waals surface area (Å²) in [6, 6.07) is -0.503. The van der Waals surface area contributed by atoms with Crippen LogP contribution < -0.4 is 5.73 Å². The Morgan fingerprint density at radius 1 is 1.30 bits per heavy atom. The van der Waals surface area contributed by atoms with Crippen molar-refractivity contribution in [3.63, 3.8) is 0 Å². The van der Waals surface area contributed by atoms with Crippen LogP contribution in [-0.2, 0) is 9.84 Å². The summed E-state index contributed by atoms with van der Waals surface area (Å²) < 4.78 is 27.5. The van der Waals surface area contributed by atoms with Crippen LogP contribution in [0.4, 0.5) is 0 Å². The third-order valence-electron chi connectivity index (χ3n) is 3.79. The molecular formula is C13H23N3O3S. The first kappa shape index (κ1) is 15.4. The molecule has 1 aliphatic rings. The van der Waals surface area contributed by atoms with Crippen LogP contribution in [0.15, 0.2) is 4.52 Å². The van der Waals surface area contributed by atoms with Crippen molar-refractivity contribution in [2.24, 2.45) is 5.73 Å². The maximum absolute atomic E-state index is 11.1. The van der Waals surface area contributed by atoms with Crippen molar-refractivity contribution in [3.8, 4) is 0 Å². The SMILES string of the molecule is CS(=O)(=O)CCC(N)c1nc(C2CCCCCC2)no1. The molecule has 6 nitrogen and oxygen atoms in total. The molecule has 0 bridgehead atoms. The van der Waals surface area contributed by atoms with Gasteiger partial charge in [0.2, 0.25) is 5.89 Å². The molecule has 0 aliphatic heterocycles. The van der Waals surface area contributed by atoms with Crippen LogP contribution in [0, 0.1) is 0 Å². The summed E-state index contributed by atoms with van der Waals surface area (Å²) >= 11 is 0. The highest BCUT2D eigenvalue weighted by Gasteiger charge is 2.22. The minimum Gasteiger partial charge on any atom is -0.338 e. The first-order valence-electron chi connectivity index (χ1n) is 7.22. The normalized spacial score (nSPS) is 19.7. The fourth-order valence-corrected chi connectivity index (χ4v) is 3.25. The van der Waals surface area contributed by atoms with E-state index in [1.54, 1.807) is 0 Å². The van der Waals surface area contributed by atoms with Gasteiger partial charge in [-0.25, -0.2) is 8.42 Å². The van der Waals surface area contributed by atoms with Gasteiger partial charge in [-0.15, -0.1) is 0 Å². The van der Waals surface area contributed by atoms with E-state index < -0.39 is 15.9 Å². The van der Waals surface area contributed by atoms with Gasteiger partial charge in [-0.1, -0.05) is 30.8 Å². The third kappa shape index (κ3) is 4.56. The predicted octanol–water partition coefficient (Wildman–Crippen LogP) is 1.94. The highest BCUT2D eigenvalue weighted by Crippen LogP contribution is 2.30. The maximum Gasteiger partial charge on any atom is 0.243 e. The van der Waals surface area contributed by atoms with Crippen LogP contribution in [0.5, 0.6) is 0 Å². The van der Waals surface area contributed by atoms with Crippen molar-refractivity contribution in [1.82, 2.24) is 10.1 Å². The fourth-order valence-electron chi connectivity index (χ4n) is 2.57. The lowest BCUT2D eigenvalue weighted by Gasteiger charge is -2.08. The summed E-state index contributed by atoms with van der Waals surface area (Å²) in [6.07, 6.45) is 8.65. The van der Waals surface area contributed by atoms with Gasteiger partial charge in [-0.3, -0.25) is 0 Å². The van der Waals surface area contributed by atoms with Crippen LogP contribution in [0.3, 0.4) is 0 Å². The van der Waals surface area contributed by atoms with Gasteiger partial charge in [-0.2, -0.15) is 4.98 Å². The van der Waals surface area contributed by atoms with Gasteiger partial charge in [0.25, 0.3) is 0 Å². The fraction of sp³-hybridized carbons (Fsp3) is 0.846. The molecule has 1 aromatic heterocycles. The Morgan fingerprint density at radius 2 is 1.95 bits per heavy atom. The smallest absolute Gasteiger partial charge is 0.243 e. The summed E-state index contributed by atoms with van der Waals surface area (Å²) in [6.45, 7) is 0. The van der Waals surface area contributed by atoms with Crippen molar-refractivity contribution in [3.05, 3.63) is 11.7 Å². The Balaban J connectivity index is 1.97. The zero-order chi connectivity index (χ0) is 14.6. The molecule has 0 spiro atoms. The molecular weight excluding hydrogens is 278 g/mol. The number of hydrogen-bond donors (Lipinski definition) is 1. The van der Waals surface area contributed by atoms with E-state index >= 15 is 0 Å². The van der Waals surface area contributed by atoms with Crippen LogP contribution >= 0.6 is 0 Å². The van der Waals surface area contributed by atoms with Crippen molar-refractivity contribution in [2.75, 3.05) is 12.0 Å². The van der Waals surface area contributed by atoms with E-state index in [1.165, 1.54) is 31.9 Å². The summed E-state index contributed by atoms with van der Waals surface area (Å²) in [5.74, 6) is 1.48. The summed E-state index contributed by atoms with van der Waals surface area (Å²) in [5.41, 5.74) is 5.92. The van der Waals surface area contributed by atoms with Gasteiger partial charge in [-0.05, 0) is 19.3 Å². The number of aromatic nitrogens is 2. The molecule has 0 amide bonds. The molecule has 114 valence electrons. The van der Waals surface area contributed by atoms with E-state index in [1.807, 2.05) is 0 Å². The lowest BCUT2D eigenvalue weighted by molar-refractivity contribution is 0.344. The number of nitrogens with two attached hydrogens (primary N) is 1. The summed E-state index contributed by atoms with van der Waals surface area (Å²) in [4.78, 5) is 4.38. The average molecular weight is 301 g/mol. The number of nitrogens with zero attached hydrogens (tertiary/aromatic N) is 2. The Hall–Kier alpha value is -0.950. The lowest BCUT2D eigenvalue weighted by Crippen LogP contribution is -2.16. The standard InChI is InChI=1S/C13H23N3O3S/c1-20(17,18)9-8-11(14)13-15-12(16-19-13)10-6-4-2-3-5-7-10/h10-11H,2-9,14H2,1H3. The first-order chi connectivity index (χ1) is 9.46. The molecule has 2 rings (SSSR count). The zero-order valence-corrected chi connectivity index (χ0v) is 12.7. The molecule has 0 radical (unpaired) electrons. The Kier molecular flexibility index (Phi) is 5.15. The number of sulfone groups is 1. The van der Waals surface area contributed by atoms with E-state index in [2.05, 4.69) is 10.1 Å². The van der Waals surface area contributed by atoms with Crippen molar-refractivity contribution < 1.29 is 12.9 Å². The Labute approximate surface area is 120 Å². The largest absolute Gasteiger partial charge is 0.338 e. The minimum absolute atomic E-state index is 0.0370. The van der Waals surface area contributed by atoms with Crippen molar-refractivity contribution in [2.45, 2.75) is 56.9 Å². The lowest BCUT2D eigenvalue weighted by atomic mass is 10.00. The molecule has 2 N–H and O–H groups in total. The third-order valence-corrected chi connectivity index (χ3v) is 4.77. The minimum atomic E-state index is -3.02. The van der Waals surface area contributed by atoms with Gasteiger partial charge in [0.15, 0.2) is 5.82 Å². The maximum atomic E-state index is 11.1. The Bertz CT molecular complexity index is 519. The molecule has 1 saturated carbocycles. The molecule has 1 aliphatic carbocycles. The van der Waals surface area contributed by atoms with E-state index in [4.69, 9.17) is 10.3 Å². The zero-order valence-electron chi connectivity index (χ0n) is 11.9. The predicted molar refractivity (Wildman–Crippen MR) is 76.0 cm³/mol. The van der Waals surface area contributed by atoms with Crippen LogP contribution in [-0.4, -0.2) is 30.6 Å². The first-order valence-corrected chi connectivity index (χ1v) is 9.28. The second kappa shape index (κ2) is 6.67. The monoisotopic (exact) mass is 301 g/mol. The van der Waals surface area contributed by atoms with Gasteiger partial charge < -0.3 is 10.3 Å². The number of hydrogen-bond acceptors (Lipinski definition) is 6. The average Bonchev–Trinajstić information content (AvgIpc) is 2.71. The Morgan fingerprint density at radius 3 is 2.55 bits per heavy atom. The van der Waals surface area contributed by atoms with Gasteiger partial charge in [0, 0.05) is 12.2 Å². The summed E-state index contributed by atoms with van der Waals surface area (Å²) in [5, 5.41) is 4.03.